The molecule has 6 nitrogen and oxygen atoms in total. The molecular formula is C17H17N3O3S. The van der Waals surface area contributed by atoms with Crippen LogP contribution in [0.15, 0.2) is 48.5 Å². The Morgan fingerprint density at radius 1 is 1.04 bits per heavy atom. The van der Waals surface area contributed by atoms with E-state index >= 15 is 0 Å². The second-order valence-electron chi connectivity index (χ2n) is 5.18. The summed E-state index contributed by atoms with van der Waals surface area (Å²) < 4.78 is 10.5. The van der Waals surface area contributed by atoms with E-state index in [9.17, 15) is 4.79 Å². The van der Waals surface area contributed by atoms with Gasteiger partial charge < -0.3 is 14.8 Å². The molecule has 2 aromatic carbocycles. The summed E-state index contributed by atoms with van der Waals surface area (Å²) >= 11 is 5.15. The molecule has 0 aliphatic carbocycles. The number of rotatable bonds is 4. The summed E-state index contributed by atoms with van der Waals surface area (Å²) in [4.78, 5) is 11.8. The molecule has 0 fully saturated rings. The van der Waals surface area contributed by atoms with E-state index in [1.807, 2.05) is 36.4 Å². The van der Waals surface area contributed by atoms with Gasteiger partial charge >= 0.3 is 0 Å². The summed E-state index contributed by atoms with van der Waals surface area (Å²) in [6.45, 7) is 0.221. The molecule has 0 saturated carbocycles. The van der Waals surface area contributed by atoms with Crippen molar-refractivity contribution < 1.29 is 14.3 Å². The van der Waals surface area contributed by atoms with Gasteiger partial charge in [0.15, 0.2) is 16.6 Å². The smallest absolute Gasteiger partial charge is 0.238 e. The molecule has 3 rings (SSSR count). The highest BCUT2D eigenvalue weighted by Crippen LogP contribution is 2.34. The van der Waals surface area contributed by atoms with Gasteiger partial charge in [-0.2, -0.15) is 0 Å². The number of hydrogen-bond acceptors (Lipinski definition) is 4. The number of ether oxygens (including phenoxy) is 2. The van der Waals surface area contributed by atoms with Gasteiger partial charge in [-0.25, -0.2) is 0 Å². The van der Waals surface area contributed by atoms with Crippen LogP contribution in [0.1, 0.15) is 12.0 Å². The summed E-state index contributed by atoms with van der Waals surface area (Å²) in [5.74, 6) is 1.23. The van der Waals surface area contributed by atoms with E-state index in [1.165, 1.54) is 0 Å². The molecule has 1 heterocycles. The molecular weight excluding hydrogens is 326 g/mol. The highest BCUT2D eigenvalue weighted by atomic mass is 32.1. The van der Waals surface area contributed by atoms with Crippen molar-refractivity contribution in [3.05, 3.63) is 54.1 Å². The van der Waals surface area contributed by atoms with E-state index in [0.29, 0.717) is 29.5 Å². The Labute approximate surface area is 145 Å². The number of amides is 1. The van der Waals surface area contributed by atoms with E-state index in [2.05, 4.69) is 16.2 Å². The first-order valence-electron chi connectivity index (χ1n) is 7.50. The van der Waals surface area contributed by atoms with Gasteiger partial charge in [0.1, 0.15) is 0 Å². The lowest BCUT2D eigenvalue weighted by Crippen LogP contribution is -2.43. The topological polar surface area (TPSA) is 71.6 Å². The van der Waals surface area contributed by atoms with Crippen LogP contribution in [0, 0.1) is 0 Å². The summed E-state index contributed by atoms with van der Waals surface area (Å²) in [5, 5.41) is 3.26. The zero-order valence-electron chi connectivity index (χ0n) is 12.9. The zero-order valence-corrected chi connectivity index (χ0v) is 13.7. The molecule has 0 radical (unpaired) electrons. The molecule has 124 valence electrons. The number of carbonyl (C=O) groups excluding carboxylic acids is 1. The van der Waals surface area contributed by atoms with Gasteiger partial charge in [-0.1, -0.05) is 30.3 Å². The van der Waals surface area contributed by atoms with Crippen molar-refractivity contribution in [3.63, 3.8) is 0 Å². The lowest BCUT2D eigenvalue weighted by atomic mass is 10.1. The standard InChI is InChI=1S/C17H17N3O3S/c21-16(9-6-12-4-2-1-3-5-12)19-20-17(24)18-13-7-8-14-15(10-13)23-11-22-14/h1-5,7-8,10H,6,9,11H2,(H,19,21)(H2,18,20,24). The van der Waals surface area contributed by atoms with Crippen LogP contribution in [0.3, 0.4) is 0 Å². The Hall–Kier alpha value is -2.80. The number of fused-ring (bicyclic) bond motifs is 1. The lowest BCUT2D eigenvalue weighted by molar-refractivity contribution is -0.121. The first-order valence-corrected chi connectivity index (χ1v) is 7.91. The number of nitrogens with one attached hydrogen (secondary N) is 3. The Morgan fingerprint density at radius 2 is 1.83 bits per heavy atom. The maximum atomic E-state index is 11.8. The Morgan fingerprint density at radius 3 is 2.67 bits per heavy atom. The summed E-state index contributed by atoms with van der Waals surface area (Å²) in [7, 11) is 0. The average molecular weight is 343 g/mol. The fraction of sp³-hybridized carbons (Fsp3) is 0.176. The first kappa shape index (κ1) is 16.1. The van der Waals surface area contributed by atoms with E-state index in [4.69, 9.17) is 21.7 Å². The number of benzene rings is 2. The molecule has 1 aliphatic heterocycles. The van der Waals surface area contributed by atoms with Gasteiger partial charge in [0, 0.05) is 18.2 Å². The van der Waals surface area contributed by atoms with Crippen molar-refractivity contribution in [1.82, 2.24) is 10.9 Å². The Kier molecular flexibility index (Phi) is 5.12. The molecule has 0 spiro atoms. The predicted molar refractivity (Wildman–Crippen MR) is 94.8 cm³/mol. The highest BCUT2D eigenvalue weighted by Gasteiger charge is 2.13. The second kappa shape index (κ2) is 7.65. The summed E-state index contributed by atoms with van der Waals surface area (Å²) in [6, 6.07) is 15.2. The van der Waals surface area contributed by atoms with Crippen molar-refractivity contribution >= 4 is 28.9 Å². The van der Waals surface area contributed by atoms with Crippen molar-refractivity contribution in [2.75, 3.05) is 12.1 Å². The number of thiocarbonyl (C=S) groups is 1. The minimum absolute atomic E-state index is 0.131. The van der Waals surface area contributed by atoms with Crippen molar-refractivity contribution in [1.29, 1.82) is 0 Å². The largest absolute Gasteiger partial charge is 0.454 e. The molecule has 0 aromatic heterocycles. The molecule has 2 aromatic rings. The third kappa shape index (κ3) is 4.36. The Bertz CT molecular complexity index is 737. The number of hydrogen-bond donors (Lipinski definition) is 3. The van der Waals surface area contributed by atoms with Crippen LogP contribution >= 0.6 is 12.2 Å². The van der Waals surface area contributed by atoms with Crippen LogP contribution in [-0.2, 0) is 11.2 Å². The monoisotopic (exact) mass is 343 g/mol. The van der Waals surface area contributed by atoms with Crippen LogP contribution in [0.5, 0.6) is 11.5 Å². The number of carbonyl (C=O) groups is 1. The van der Waals surface area contributed by atoms with Crippen LogP contribution in [0.4, 0.5) is 5.69 Å². The minimum Gasteiger partial charge on any atom is -0.454 e. The minimum atomic E-state index is -0.131. The third-order valence-electron chi connectivity index (χ3n) is 3.43. The van der Waals surface area contributed by atoms with Gasteiger partial charge in [-0.3, -0.25) is 15.6 Å². The van der Waals surface area contributed by atoms with Crippen LogP contribution in [-0.4, -0.2) is 17.8 Å². The fourth-order valence-electron chi connectivity index (χ4n) is 2.23. The average Bonchev–Trinajstić information content (AvgIpc) is 3.07. The normalized spacial score (nSPS) is 11.7. The highest BCUT2D eigenvalue weighted by molar-refractivity contribution is 7.80. The van der Waals surface area contributed by atoms with Crippen molar-refractivity contribution in [3.8, 4) is 11.5 Å². The summed E-state index contributed by atoms with van der Waals surface area (Å²) in [6.07, 6.45) is 1.06. The number of anilines is 1. The molecule has 24 heavy (non-hydrogen) atoms. The Balaban J connectivity index is 1.41. The van der Waals surface area contributed by atoms with Crippen molar-refractivity contribution in [2.24, 2.45) is 0 Å². The van der Waals surface area contributed by atoms with Crippen LogP contribution in [0.25, 0.3) is 0 Å². The van der Waals surface area contributed by atoms with E-state index in [1.54, 1.807) is 12.1 Å². The SMILES string of the molecule is O=C(CCc1ccccc1)NNC(=S)Nc1ccc2c(c1)OCO2. The molecule has 7 heteroatoms. The van der Waals surface area contributed by atoms with Gasteiger partial charge in [-0.15, -0.1) is 0 Å². The number of aryl methyl sites for hydroxylation is 1. The zero-order chi connectivity index (χ0) is 16.8. The first-order chi connectivity index (χ1) is 11.7. The van der Waals surface area contributed by atoms with Gasteiger partial charge in [0.25, 0.3) is 0 Å². The molecule has 0 atom stereocenters. The van der Waals surface area contributed by atoms with Gasteiger partial charge in [0.2, 0.25) is 12.7 Å². The van der Waals surface area contributed by atoms with Gasteiger partial charge in [0.05, 0.1) is 0 Å². The van der Waals surface area contributed by atoms with Gasteiger partial charge in [-0.05, 0) is 36.3 Å². The molecule has 3 N–H and O–H groups in total. The fourth-order valence-corrected chi connectivity index (χ4v) is 2.40. The predicted octanol–water partition coefficient (Wildman–Crippen LogP) is 2.37. The molecule has 1 aliphatic rings. The second-order valence-corrected chi connectivity index (χ2v) is 5.59. The lowest BCUT2D eigenvalue weighted by Gasteiger charge is -2.12. The van der Waals surface area contributed by atoms with E-state index in [-0.39, 0.29) is 12.7 Å². The number of hydrazine groups is 1. The maximum Gasteiger partial charge on any atom is 0.238 e. The van der Waals surface area contributed by atoms with E-state index < -0.39 is 0 Å². The van der Waals surface area contributed by atoms with E-state index in [0.717, 1.165) is 11.3 Å². The molecule has 0 bridgehead atoms. The third-order valence-corrected chi connectivity index (χ3v) is 3.63. The van der Waals surface area contributed by atoms with Crippen LogP contribution < -0.4 is 25.6 Å². The van der Waals surface area contributed by atoms with Crippen LogP contribution in [0.2, 0.25) is 0 Å². The molecule has 0 saturated heterocycles. The van der Waals surface area contributed by atoms with Crippen molar-refractivity contribution in [2.45, 2.75) is 12.8 Å². The quantitative estimate of drug-likeness (QED) is 0.585. The molecule has 0 unspecified atom stereocenters. The molecule has 1 amide bonds. The summed E-state index contributed by atoms with van der Waals surface area (Å²) in [5.41, 5.74) is 7.13. The maximum absolute atomic E-state index is 11.8.